The van der Waals surface area contributed by atoms with Gasteiger partial charge < -0.3 is 15.5 Å². The van der Waals surface area contributed by atoms with E-state index in [1.54, 1.807) is 6.07 Å². The van der Waals surface area contributed by atoms with Crippen LogP contribution in [-0.2, 0) is 39.3 Å². The molecule has 0 aliphatic carbocycles. The Morgan fingerprint density at radius 1 is 0.865 bits per heavy atom. The molecule has 37 heavy (non-hydrogen) atoms. The minimum atomic E-state index is -1.38. The Kier molecular flexibility index (Phi) is 5.31. The first kappa shape index (κ1) is 23.2. The van der Waals surface area contributed by atoms with Crippen molar-refractivity contribution in [2.24, 2.45) is 11.8 Å². The van der Waals surface area contributed by atoms with Gasteiger partial charge in [0.1, 0.15) is 5.54 Å². The van der Waals surface area contributed by atoms with Crippen molar-refractivity contribution in [2.75, 3.05) is 5.32 Å². The van der Waals surface area contributed by atoms with Gasteiger partial charge in [0.25, 0.3) is 0 Å². The van der Waals surface area contributed by atoms with E-state index in [0.29, 0.717) is 16.8 Å². The molecule has 8 heteroatoms. The molecule has 3 aromatic carbocycles. The summed E-state index contributed by atoms with van der Waals surface area (Å²) in [5, 5.41) is 26.1. The lowest BCUT2D eigenvalue weighted by Crippen LogP contribution is -2.53. The average molecular weight is 498 g/mol. The van der Waals surface area contributed by atoms with Crippen molar-refractivity contribution >= 4 is 23.4 Å². The summed E-state index contributed by atoms with van der Waals surface area (Å²) >= 11 is 0. The summed E-state index contributed by atoms with van der Waals surface area (Å²) in [6.07, 6.45) is 1.04. The maximum atomic E-state index is 14.0. The summed E-state index contributed by atoms with van der Waals surface area (Å²) < 4.78 is 0. The molecular weight excluding hydrogens is 470 g/mol. The maximum absolute atomic E-state index is 14.0. The van der Waals surface area contributed by atoms with Crippen LogP contribution in [0.5, 0.6) is 11.5 Å². The number of likely N-dealkylation sites (tertiary alicyclic amines) is 1. The molecule has 3 aliphatic rings. The number of carbonyl (C=O) groups excluding carboxylic acids is 3. The molecule has 0 radical (unpaired) electrons. The van der Waals surface area contributed by atoms with E-state index >= 15 is 0 Å². The number of rotatable bonds is 5. The van der Waals surface area contributed by atoms with Gasteiger partial charge in [-0.05, 0) is 47.7 Å². The fourth-order valence-electron chi connectivity index (χ4n) is 6.18. The molecule has 3 heterocycles. The van der Waals surface area contributed by atoms with E-state index in [4.69, 9.17) is 0 Å². The number of benzene rings is 3. The van der Waals surface area contributed by atoms with Crippen LogP contribution in [-0.4, -0.2) is 38.9 Å². The number of nitrogens with one attached hydrogen (secondary N) is 2. The van der Waals surface area contributed by atoms with Crippen molar-refractivity contribution in [3.05, 3.63) is 89.0 Å². The van der Waals surface area contributed by atoms with Crippen molar-refractivity contribution in [1.82, 2.24) is 10.2 Å². The standard InChI is InChI=1S/C29H27N3O5/c1-2-16-8-10-20-19(12-16)29(28(37)30-20)25-24(21(31-29)13-18-9-11-22(33)23(34)14-18)26(35)32(27(25)36)15-17-6-4-3-5-7-17/h3-12,14,21,24-25,31,33-34H,2,13,15H2,1H3,(H,30,37)/t21-,24+,25-,29-/m0/s1. The van der Waals surface area contributed by atoms with Crippen molar-refractivity contribution in [3.63, 3.8) is 0 Å². The maximum Gasteiger partial charge on any atom is 0.250 e. The van der Waals surface area contributed by atoms with Crippen LogP contribution >= 0.6 is 0 Å². The highest BCUT2D eigenvalue weighted by Gasteiger charge is 2.70. The summed E-state index contributed by atoms with van der Waals surface area (Å²) in [4.78, 5) is 42.8. The van der Waals surface area contributed by atoms with Crippen LogP contribution in [0.25, 0.3) is 0 Å². The number of aromatic hydroxyl groups is 2. The lowest BCUT2D eigenvalue weighted by Gasteiger charge is -2.30. The van der Waals surface area contributed by atoms with Crippen molar-refractivity contribution < 1.29 is 24.6 Å². The molecule has 0 aromatic heterocycles. The highest BCUT2D eigenvalue weighted by molar-refractivity contribution is 6.15. The predicted molar refractivity (Wildman–Crippen MR) is 136 cm³/mol. The molecule has 0 unspecified atom stereocenters. The molecule has 0 saturated carbocycles. The lowest BCUT2D eigenvalue weighted by molar-refractivity contribution is -0.143. The highest BCUT2D eigenvalue weighted by atomic mass is 16.3. The predicted octanol–water partition coefficient (Wildman–Crippen LogP) is 2.82. The first-order valence-electron chi connectivity index (χ1n) is 12.5. The minimum Gasteiger partial charge on any atom is -0.504 e. The summed E-state index contributed by atoms with van der Waals surface area (Å²) in [6, 6.07) is 19.0. The van der Waals surface area contributed by atoms with Gasteiger partial charge in [-0.3, -0.25) is 24.6 Å². The summed E-state index contributed by atoms with van der Waals surface area (Å²) in [5.41, 5.74) is 2.47. The van der Waals surface area contributed by atoms with E-state index in [0.717, 1.165) is 17.5 Å². The first-order valence-corrected chi connectivity index (χ1v) is 12.5. The number of anilines is 1. The van der Waals surface area contributed by atoms with Gasteiger partial charge in [-0.25, -0.2) is 0 Å². The van der Waals surface area contributed by atoms with E-state index in [-0.39, 0.29) is 42.2 Å². The number of hydrogen-bond donors (Lipinski definition) is 4. The third kappa shape index (κ3) is 3.43. The molecule has 3 aliphatic heterocycles. The SMILES string of the molecule is CCc1ccc2c(c1)[C@@]1(N[C@@H](Cc3ccc(O)c(O)c3)[C@H]3C(=O)N(Cc4ccccc4)C(=O)[C@H]31)C(=O)N2. The molecule has 2 fully saturated rings. The molecule has 3 amide bonds. The van der Waals surface area contributed by atoms with Gasteiger partial charge in [0.05, 0.1) is 18.4 Å². The normalized spacial score (nSPS) is 26.0. The fourth-order valence-corrected chi connectivity index (χ4v) is 6.18. The monoisotopic (exact) mass is 497 g/mol. The second-order valence-electron chi connectivity index (χ2n) is 10.0. The molecular formula is C29H27N3O5. The number of phenolic OH excluding ortho intramolecular Hbond substituents is 2. The van der Waals surface area contributed by atoms with Crippen molar-refractivity contribution in [1.29, 1.82) is 0 Å². The Balaban J connectivity index is 1.46. The summed E-state index contributed by atoms with van der Waals surface area (Å²) in [7, 11) is 0. The van der Waals surface area contributed by atoms with Gasteiger partial charge in [0, 0.05) is 17.3 Å². The van der Waals surface area contributed by atoms with Gasteiger partial charge in [-0.15, -0.1) is 0 Å². The topological polar surface area (TPSA) is 119 Å². The number of amides is 3. The third-order valence-electron chi connectivity index (χ3n) is 7.96. The zero-order chi connectivity index (χ0) is 25.9. The molecule has 4 N–H and O–H groups in total. The molecule has 4 atom stereocenters. The quantitative estimate of drug-likeness (QED) is 0.318. The first-order chi connectivity index (χ1) is 17.8. The van der Waals surface area contributed by atoms with Crippen molar-refractivity contribution in [2.45, 2.75) is 37.9 Å². The molecule has 0 bridgehead atoms. The van der Waals surface area contributed by atoms with Crippen LogP contribution in [0.3, 0.4) is 0 Å². The second-order valence-corrected chi connectivity index (χ2v) is 10.0. The third-order valence-corrected chi connectivity index (χ3v) is 7.96. The van der Waals surface area contributed by atoms with Gasteiger partial charge in [-0.2, -0.15) is 0 Å². The molecule has 3 aromatic rings. The van der Waals surface area contributed by atoms with E-state index in [2.05, 4.69) is 10.6 Å². The van der Waals surface area contributed by atoms with Crippen LogP contribution in [0, 0.1) is 11.8 Å². The van der Waals surface area contributed by atoms with Gasteiger partial charge in [0.2, 0.25) is 17.7 Å². The van der Waals surface area contributed by atoms with E-state index in [1.807, 2.05) is 55.5 Å². The number of hydrogen-bond acceptors (Lipinski definition) is 6. The smallest absolute Gasteiger partial charge is 0.250 e. The van der Waals surface area contributed by atoms with Crippen LogP contribution in [0.2, 0.25) is 0 Å². The number of fused-ring (bicyclic) bond motifs is 4. The zero-order valence-electron chi connectivity index (χ0n) is 20.3. The molecule has 8 nitrogen and oxygen atoms in total. The number of phenols is 2. The second kappa shape index (κ2) is 8.45. The van der Waals surface area contributed by atoms with Crippen LogP contribution in [0.15, 0.2) is 66.7 Å². The van der Waals surface area contributed by atoms with Gasteiger partial charge in [0.15, 0.2) is 11.5 Å². The molecule has 188 valence electrons. The minimum absolute atomic E-state index is 0.137. The Bertz CT molecular complexity index is 1440. The van der Waals surface area contributed by atoms with E-state index < -0.39 is 23.4 Å². The largest absolute Gasteiger partial charge is 0.504 e. The number of carbonyl (C=O) groups is 3. The highest BCUT2D eigenvalue weighted by Crippen LogP contribution is 2.53. The lowest BCUT2D eigenvalue weighted by atomic mass is 9.76. The molecule has 1 spiro atoms. The van der Waals surface area contributed by atoms with Crippen LogP contribution in [0.4, 0.5) is 5.69 Å². The van der Waals surface area contributed by atoms with Gasteiger partial charge >= 0.3 is 0 Å². The van der Waals surface area contributed by atoms with E-state index in [9.17, 15) is 24.6 Å². The Morgan fingerprint density at radius 2 is 1.62 bits per heavy atom. The summed E-state index contributed by atoms with van der Waals surface area (Å²) in [6.45, 7) is 2.16. The van der Waals surface area contributed by atoms with Crippen molar-refractivity contribution in [3.8, 4) is 11.5 Å². The Labute approximate surface area is 213 Å². The van der Waals surface area contributed by atoms with Crippen LogP contribution < -0.4 is 10.6 Å². The fraction of sp³-hybridized carbons (Fsp3) is 0.276. The average Bonchev–Trinajstić information content (AvgIpc) is 3.47. The van der Waals surface area contributed by atoms with E-state index in [1.165, 1.54) is 17.0 Å². The zero-order valence-corrected chi connectivity index (χ0v) is 20.3. The number of imide groups is 1. The van der Waals surface area contributed by atoms with Gasteiger partial charge in [-0.1, -0.05) is 55.5 Å². The number of aryl methyl sites for hydroxylation is 1. The molecule has 6 rings (SSSR count). The summed E-state index contributed by atoms with van der Waals surface area (Å²) in [5.74, 6) is -3.21. The van der Waals surface area contributed by atoms with Crippen LogP contribution in [0.1, 0.15) is 29.2 Å². The number of nitrogens with zero attached hydrogens (tertiary/aromatic N) is 1. The Hall–Kier alpha value is -4.17. The molecule has 2 saturated heterocycles. The Morgan fingerprint density at radius 3 is 2.35 bits per heavy atom.